The van der Waals surface area contributed by atoms with Crippen molar-refractivity contribution in [1.29, 1.82) is 5.41 Å². The Morgan fingerprint density at radius 2 is 2.45 bits per heavy atom. The van der Waals surface area contributed by atoms with Gasteiger partial charge in [-0.3, -0.25) is 10.2 Å². The van der Waals surface area contributed by atoms with Crippen LogP contribution in [0.25, 0.3) is 0 Å². The average Bonchev–Trinajstić information content (AvgIpc) is 1.97. The molecule has 0 aromatic heterocycles. The molecular formula is C5H12N4O2. The largest absolute Gasteiger partial charge is 0.481 e. The maximum absolute atomic E-state index is 10.00. The smallest absolute Gasteiger partial charge is 0.303 e. The lowest BCUT2D eigenvalue weighted by Gasteiger charge is -2.11. The van der Waals surface area contributed by atoms with Gasteiger partial charge in [-0.25, -0.2) is 16.4 Å². The van der Waals surface area contributed by atoms with E-state index in [0.29, 0.717) is 13.0 Å². The topological polar surface area (TPSA) is 102 Å². The third kappa shape index (κ3) is 6.75. The fourth-order valence-electron chi connectivity index (χ4n) is 0.493. The number of carboxylic acids is 1. The van der Waals surface area contributed by atoms with Gasteiger partial charge in [-0.15, -0.1) is 0 Å². The van der Waals surface area contributed by atoms with Gasteiger partial charge < -0.3 is 5.11 Å². The fraction of sp³-hybridized carbons (Fsp3) is 0.600. The van der Waals surface area contributed by atoms with E-state index in [-0.39, 0.29) is 6.42 Å². The summed E-state index contributed by atoms with van der Waals surface area (Å²) in [5.41, 5.74) is 2.59. The van der Waals surface area contributed by atoms with Crippen molar-refractivity contribution in [2.45, 2.75) is 12.8 Å². The van der Waals surface area contributed by atoms with E-state index in [1.165, 1.54) is 0 Å². The third-order valence-corrected chi connectivity index (χ3v) is 1.00. The lowest BCUT2D eigenvalue weighted by atomic mass is 10.3. The normalized spacial score (nSPS) is 9.18. The quantitative estimate of drug-likeness (QED) is 0.133. The first-order valence-corrected chi connectivity index (χ1v) is 3.16. The molecule has 0 bridgehead atoms. The molecule has 0 aromatic carbocycles. The summed E-state index contributed by atoms with van der Waals surface area (Å²) in [6.45, 7) is 0.457. The number of aliphatic carboxylic acids is 1. The lowest BCUT2D eigenvalue weighted by Crippen LogP contribution is -2.42. The highest BCUT2D eigenvalue weighted by Crippen LogP contribution is 1.85. The van der Waals surface area contributed by atoms with Crippen LogP contribution in [-0.2, 0) is 4.79 Å². The minimum absolute atomic E-state index is 0.110. The molecule has 0 aliphatic heterocycles. The van der Waals surface area contributed by atoms with E-state index in [1.54, 1.807) is 0 Å². The number of rotatable bonds is 6. The van der Waals surface area contributed by atoms with Crippen molar-refractivity contribution in [2.24, 2.45) is 5.84 Å². The summed E-state index contributed by atoms with van der Waals surface area (Å²) in [5.74, 6) is 4.29. The monoisotopic (exact) mass is 160 g/mol. The number of nitrogens with zero attached hydrogens (tertiary/aromatic N) is 1. The van der Waals surface area contributed by atoms with E-state index in [9.17, 15) is 4.79 Å². The van der Waals surface area contributed by atoms with Crippen LogP contribution in [0, 0.1) is 5.41 Å². The van der Waals surface area contributed by atoms with E-state index in [0.717, 1.165) is 11.5 Å². The van der Waals surface area contributed by atoms with Gasteiger partial charge in [0.2, 0.25) is 0 Å². The van der Waals surface area contributed by atoms with Crippen molar-refractivity contribution in [3.8, 4) is 0 Å². The van der Waals surface area contributed by atoms with Crippen LogP contribution in [0.3, 0.4) is 0 Å². The van der Waals surface area contributed by atoms with Crippen LogP contribution in [0.1, 0.15) is 12.8 Å². The van der Waals surface area contributed by atoms with Crippen molar-refractivity contribution < 1.29 is 9.90 Å². The molecule has 5 N–H and O–H groups in total. The van der Waals surface area contributed by atoms with E-state index in [4.69, 9.17) is 16.4 Å². The molecule has 0 atom stereocenters. The zero-order valence-corrected chi connectivity index (χ0v) is 6.08. The summed E-state index contributed by atoms with van der Waals surface area (Å²) in [6.07, 6.45) is 1.51. The van der Waals surface area contributed by atoms with Crippen LogP contribution in [0.4, 0.5) is 0 Å². The molecule has 0 unspecified atom stereocenters. The second kappa shape index (κ2) is 5.63. The minimum atomic E-state index is -0.828. The minimum Gasteiger partial charge on any atom is -0.481 e. The number of hydrazine groups is 2. The SMILES string of the molecule is N=CN(N)NCCCC(=O)O. The van der Waals surface area contributed by atoms with Crippen molar-refractivity contribution in [1.82, 2.24) is 10.5 Å². The lowest BCUT2D eigenvalue weighted by molar-refractivity contribution is -0.137. The summed E-state index contributed by atoms with van der Waals surface area (Å²) >= 11 is 0. The standard InChI is InChI=1S/C5H12N4O2/c6-4-9(7)8-3-1-2-5(10)11/h4,6,8H,1-3,7H2,(H,10,11). The maximum Gasteiger partial charge on any atom is 0.303 e. The van der Waals surface area contributed by atoms with Gasteiger partial charge in [0, 0.05) is 13.0 Å². The molecule has 0 saturated carbocycles. The predicted octanol–water partition coefficient (Wildman–Crippen LogP) is -0.861. The number of hydrogen-bond acceptors (Lipinski definition) is 4. The Labute approximate surface area is 64.4 Å². The van der Waals surface area contributed by atoms with Crippen molar-refractivity contribution in [2.75, 3.05) is 6.54 Å². The van der Waals surface area contributed by atoms with Crippen LogP contribution in [0.2, 0.25) is 0 Å². The molecule has 0 radical (unpaired) electrons. The summed E-state index contributed by atoms with van der Waals surface area (Å²) in [4.78, 5) is 10.00. The van der Waals surface area contributed by atoms with Crippen LogP contribution < -0.4 is 11.3 Å². The van der Waals surface area contributed by atoms with Gasteiger partial charge in [-0.2, -0.15) is 0 Å². The first kappa shape index (κ1) is 9.86. The first-order valence-electron chi connectivity index (χ1n) is 3.16. The highest BCUT2D eigenvalue weighted by Gasteiger charge is 1.95. The Kier molecular flexibility index (Phi) is 5.05. The van der Waals surface area contributed by atoms with Crippen LogP contribution in [0.15, 0.2) is 0 Å². The molecular weight excluding hydrogens is 148 g/mol. The van der Waals surface area contributed by atoms with Crippen LogP contribution in [0.5, 0.6) is 0 Å². The van der Waals surface area contributed by atoms with Gasteiger partial charge >= 0.3 is 5.97 Å². The first-order chi connectivity index (χ1) is 5.16. The molecule has 0 rings (SSSR count). The molecule has 0 heterocycles. The number of hydrogen-bond donors (Lipinski definition) is 4. The molecule has 64 valence electrons. The van der Waals surface area contributed by atoms with Gasteiger partial charge in [0.05, 0.1) is 0 Å². The van der Waals surface area contributed by atoms with Crippen molar-refractivity contribution >= 4 is 12.3 Å². The summed E-state index contributed by atoms with van der Waals surface area (Å²) in [7, 11) is 0. The zero-order chi connectivity index (χ0) is 8.69. The molecule has 0 fully saturated rings. The number of nitrogens with one attached hydrogen (secondary N) is 2. The van der Waals surface area contributed by atoms with E-state index >= 15 is 0 Å². The van der Waals surface area contributed by atoms with E-state index < -0.39 is 5.97 Å². The Balaban J connectivity index is 3.14. The highest BCUT2D eigenvalue weighted by atomic mass is 16.4. The molecule has 0 saturated heterocycles. The van der Waals surface area contributed by atoms with Crippen LogP contribution in [-0.4, -0.2) is 29.1 Å². The number of carboxylic acid groups (broad SMARTS) is 1. The molecule has 11 heavy (non-hydrogen) atoms. The van der Waals surface area contributed by atoms with Gasteiger partial charge in [0.1, 0.15) is 6.34 Å². The maximum atomic E-state index is 10.00. The summed E-state index contributed by atoms with van der Waals surface area (Å²) < 4.78 is 0. The van der Waals surface area contributed by atoms with Gasteiger partial charge in [0.25, 0.3) is 0 Å². The second-order valence-corrected chi connectivity index (χ2v) is 1.94. The van der Waals surface area contributed by atoms with Crippen LogP contribution >= 0.6 is 0 Å². The fourth-order valence-corrected chi connectivity index (χ4v) is 0.493. The molecule has 0 aliphatic carbocycles. The van der Waals surface area contributed by atoms with Crippen molar-refractivity contribution in [3.05, 3.63) is 0 Å². The second-order valence-electron chi connectivity index (χ2n) is 1.94. The van der Waals surface area contributed by atoms with Gasteiger partial charge in [-0.05, 0) is 6.42 Å². The number of carbonyl (C=O) groups is 1. The average molecular weight is 160 g/mol. The van der Waals surface area contributed by atoms with Crippen molar-refractivity contribution in [3.63, 3.8) is 0 Å². The summed E-state index contributed by atoms with van der Waals surface area (Å²) in [5, 5.41) is 15.8. The zero-order valence-electron chi connectivity index (χ0n) is 6.08. The van der Waals surface area contributed by atoms with E-state index in [1.807, 2.05) is 0 Å². The van der Waals surface area contributed by atoms with Gasteiger partial charge in [-0.1, -0.05) is 0 Å². The Bertz CT molecular complexity index is 138. The molecule has 6 heteroatoms. The highest BCUT2D eigenvalue weighted by molar-refractivity contribution is 5.66. The predicted molar refractivity (Wildman–Crippen MR) is 39.7 cm³/mol. The molecule has 0 spiro atoms. The Morgan fingerprint density at radius 3 is 2.91 bits per heavy atom. The van der Waals surface area contributed by atoms with E-state index in [2.05, 4.69) is 5.43 Å². The Morgan fingerprint density at radius 1 is 1.82 bits per heavy atom. The molecule has 0 amide bonds. The summed E-state index contributed by atoms with van der Waals surface area (Å²) in [6, 6.07) is 0. The third-order valence-electron chi connectivity index (χ3n) is 1.00. The molecule has 6 nitrogen and oxygen atoms in total. The molecule has 0 aliphatic rings. The van der Waals surface area contributed by atoms with Gasteiger partial charge in [0.15, 0.2) is 0 Å². The number of nitrogens with two attached hydrogens (primary N) is 1. The Hall–Kier alpha value is -1.14. The molecule has 0 aromatic rings.